The van der Waals surface area contributed by atoms with Gasteiger partial charge in [-0.1, -0.05) is 0 Å². The number of rotatable bonds is 9. The highest BCUT2D eigenvalue weighted by atomic mass is 16.8. The van der Waals surface area contributed by atoms with E-state index in [2.05, 4.69) is 0 Å². The lowest BCUT2D eigenvalue weighted by Gasteiger charge is -2.50. The van der Waals surface area contributed by atoms with E-state index in [1.165, 1.54) is 0 Å². The van der Waals surface area contributed by atoms with Crippen LogP contribution < -0.4 is 0 Å². The molecule has 22 rings (SSSR count). The Bertz CT molecular complexity index is 2350. The molecule has 21 fully saturated rings. The van der Waals surface area contributed by atoms with Crippen LogP contribution in [0.4, 0.5) is 0 Å². The number of hydrogen-bond donors (Lipinski definition) is 22. The molecule has 498 valence electrons. The zero-order valence-corrected chi connectivity index (χ0v) is 45.3. The maximum absolute atomic E-state index is 13.3. The molecule has 21 aliphatic heterocycles. The van der Waals surface area contributed by atoms with Crippen molar-refractivity contribution < 1.29 is 188 Å². The normalized spacial score (nSPS) is 50.2. The van der Waals surface area contributed by atoms with Crippen molar-refractivity contribution in [3.8, 4) is 11.5 Å². The van der Waals surface area contributed by atoms with Gasteiger partial charge in [-0.3, -0.25) is 0 Å². The predicted molar refractivity (Wildman–Crippen MR) is 261 cm³/mol. The van der Waals surface area contributed by atoms with Crippen LogP contribution in [0.3, 0.4) is 0 Å². The van der Waals surface area contributed by atoms with Crippen LogP contribution in [0.2, 0.25) is 0 Å². The summed E-state index contributed by atoms with van der Waals surface area (Å²) in [5, 5.41) is 243. The molecule has 0 saturated carbocycles. The van der Waals surface area contributed by atoms with Crippen LogP contribution >= 0.6 is 0 Å². The standard InChI is InChI=1S/C49H74O38/c50-4-14-35-22(59)29(66)44(75-14)83-37-16(6-52)77-46(31(68)24(37)61)85-39-18(8-54)79-48(33(70)26(39)63)87-41-20(10-73-42(72)11-1-2-12(56)13(57)3-11)80-49(34(71)27(41)64)86-40-19(9-55)78-47(32(69)25(40)62)84-38-17(7-53)76-45(30(67)23(38)60)82-36-15(5-51)74-43(81-35)28(65)21(36)58/h1-3,14-41,43-71H,4-10H2/t14-,15-,16-,17-,18-,19-,20-,21-,22+,23-,24+,25-,26+,27-,28-,29+,30-,31+,32-,33+,34-,35-,36-,37-,38-,39-,40-,41-,43-,44-,45-,46-,47-,48-,49-/m1/s1. The topological polar surface area (TPSA) is 601 Å². The Balaban J connectivity index is 1.02. The Hall–Kier alpha value is -3.07. The number of esters is 1. The molecule has 21 saturated heterocycles. The molecule has 0 spiro atoms. The van der Waals surface area contributed by atoms with E-state index in [-0.39, 0.29) is 5.56 Å². The maximum Gasteiger partial charge on any atom is 0.338 e. The molecule has 22 N–H and O–H groups in total. The maximum atomic E-state index is 13.3. The van der Waals surface area contributed by atoms with Crippen molar-refractivity contribution >= 4 is 5.97 Å². The fraction of sp³-hybridized carbons (Fsp3) is 0.857. The number of benzene rings is 1. The summed E-state index contributed by atoms with van der Waals surface area (Å²) in [6.07, 6.45) is -72.8. The molecule has 1 aromatic rings. The summed E-state index contributed by atoms with van der Waals surface area (Å²) in [4.78, 5) is 13.3. The molecule has 38 heteroatoms. The molecule has 0 unspecified atom stereocenters. The van der Waals surface area contributed by atoms with E-state index in [0.29, 0.717) is 0 Å². The molecule has 21 aliphatic rings. The summed E-state index contributed by atoms with van der Waals surface area (Å²) in [6, 6.07) is 2.78. The molecular formula is C49H74O38. The summed E-state index contributed by atoms with van der Waals surface area (Å²) in [7, 11) is 0. The SMILES string of the molecule is O=C(OC[C@H]1O[C@@H]2O[C@H]3[C@H](O)[C@@H](O)[C@@H](O[C@H]4[C@H](O)[C@@H](O)[C@@H](O[C@H]5[C@H](O)[C@@H](O)[C@@H](O[C@H]6[C@@H](O)[C@H](O)[C@@H](O[C@H]7[C@@H](O)[C@H](O)[C@@H](O[C@H]8[C@@H](O)[C@H](O)[C@@H](O[C@H]1[C@H](O)[C@H]2O)O[C@@H]8CO)O[C@@H]7CO)O[C@@H]6CO)O[C@@H]5CO)O[C@@H]4CO)O[C@@H]3CO)c1ccc(O)c(O)c1. The molecule has 35 atom stereocenters. The Morgan fingerprint density at radius 3 is 0.713 bits per heavy atom. The zero-order valence-electron chi connectivity index (χ0n) is 45.3. The van der Waals surface area contributed by atoms with Crippen molar-refractivity contribution in [3.63, 3.8) is 0 Å². The first-order valence-electron chi connectivity index (χ1n) is 27.4. The van der Waals surface area contributed by atoms with E-state index in [1.54, 1.807) is 0 Å². The summed E-state index contributed by atoms with van der Waals surface area (Å²) in [5.41, 5.74) is -0.365. The Kier molecular flexibility index (Phi) is 22.6. The highest BCUT2D eigenvalue weighted by molar-refractivity contribution is 5.90. The van der Waals surface area contributed by atoms with Crippen LogP contribution in [0.5, 0.6) is 11.5 Å². The molecule has 0 aliphatic carbocycles. The van der Waals surface area contributed by atoms with Crippen molar-refractivity contribution in [1.82, 2.24) is 0 Å². The smallest absolute Gasteiger partial charge is 0.338 e. The minimum atomic E-state index is -2.34. The lowest BCUT2D eigenvalue weighted by molar-refractivity contribution is -0.396. The first-order chi connectivity index (χ1) is 41.4. The van der Waals surface area contributed by atoms with Crippen molar-refractivity contribution in [3.05, 3.63) is 23.8 Å². The predicted octanol–water partition coefficient (Wildman–Crippen LogP) is -14.0. The van der Waals surface area contributed by atoms with Gasteiger partial charge >= 0.3 is 5.97 Å². The van der Waals surface area contributed by atoms with E-state index in [0.717, 1.165) is 18.2 Å². The van der Waals surface area contributed by atoms with Gasteiger partial charge in [0, 0.05) is 0 Å². The van der Waals surface area contributed by atoms with Gasteiger partial charge in [0.2, 0.25) is 0 Å². The van der Waals surface area contributed by atoms with Crippen LogP contribution in [0.1, 0.15) is 10.4 Å². The van der Waals surface area contributed by atoms with Gasteiger partial charge in [-0.15, -0.1) is 0 Å². The Morgan fingerprint density at radius 2 is 0.506 bits per heavy atom. The second-order valence-electron chi connectivity index (χ2n) is 21.8. The number of carbonyl (C=O) groups is 1. The first kappa shape index (κ1) is 68.3. The van der Waals surface area contributed by atoms with Crippen molar-refractivity contribution in [2.75, 3.05) is 46.2 Å². The fourth-order valence-electron chi connectivity index (χ4n) is 11.3. The number of carbonyl (C=O) groups excluding carboxylic acids is 1. The van der Waals surface area contributed by atoms with E-state index >= 15 is 0 Å². The lowest BCUT2D eigenvalue weighted by Crippen LogP contribution is -2.68. The summed E-state index contributed by atoms with van der Waals surface area (Å²) in [5.74, 6) is -2.60. The van der Waals surface area contributed by atoms with Gasteiger partial charge in [0.25, 0.3) is 0 Å². The van der Waals surface area contributed by atoms with Gasteiger partial charge in [0.1, 0.15) is 178 Å². The van der Waals surface area contributed by atoms with Gasteiger partial charge in [-0.05, 0) is 18.2 Å². The Labute approximate surface area is 489 Å². The van der Waals surface area contributed by atoms with E-state index in [9.17, 15) is 117 Å². The van der Waals surface area contributed by atoms with Crippen molar-refractivity contribution in [2.45, 2.75) is 215 Å². The molecule has 0 amide bonds. The molecule has 1 aromatic carbocycles. The summed E-state index contributed by atoms with van der Waals surface area (Å²) in [6.45, 7) is -7.57. The molecule has 21 heterocycles. The second kappa shape index (κ2) is 28.8. The van der Waals surface area contributed by atoms with Gasteiger partial charge in [-0.2, -0.15) is 0 Å². The molecule has 14 bridgehead atoms. The van der Waals surface area contributed by atoms with Crippen molar-refractivity contribution in [1.29, 1.82) is 0 Å². The third kappa shape index (κ3) is 13.7. The number of aromatic hydroxyl groups is 2. The van der Waals surface area contributed by atoms with Crippen LogP contribution in [-0.2, 0) is 71.1 Å². The molecule has 0 aromatic heterocycles. The molecule has 0 radical (unpaired) electrons. The van der Waals surface area contributed by atoms with Crippen LogP contribution in [0.15, 0.2) is 18.2 Å². The third-order valence-electron chi connectivity index (χ3n) is 16.2. The van der Waals surface area contributed by atoms with Gasteiger partial charge in [0.05, 0.1) is 45.2 Å². The molecule has 87 heavy (non-hydrogen) atoms. The van der Waals surface area contributed by atoms with Gasteiger partial charge < -0.3 is 183 Å². The minimum Gasteiger partial charge on any atom is -0.504 e. The van der Waals surface area contributed by atoms with E-state index in [1.807, 2.05) is 0 Å². The van der Waals surface area contributed by atoms with Crippen LogP contribution in [0, 0.1) is 0 Å². The third-order valence-corrected chi connectivity index (χ3v) is 16.2. The Morgan fingerprint density at radius 1 is 0.299 bits per heavy atom. The van der Waals surface area contributed by atoms with E-state index in [4.69, 9.17) is 71.1 Å². The second-order valence-corrected chi connectivity index (χ2v) is 21.8. The highest BCUT2D eigenvalue weighted by Crippen LogP contribution is 2.39. The van der Waals surface area contributed by atoms with E-state index < -0.39 is 279 Å². The average Bonchev–Trinajstić information content (AvgIpc) is 1.10. The average molecular weight is 1270 g/mol. The van der Waals surface area contributed by atoms with Crippen LogP contribution in [-0.4, -0.2) is 380 Å². The van der Waals surface area contributed by atoms with Crippen molar-refractivity contribution in [2.24, 2.45) is 0 Å². The number of hydrogen-bond acceptors (Lipinski definition) is 38. The highest BCUT2D eigenvalue weighted by Gasteiger charge is 2.60. The number of aliphatic hydroxyl groups excluding tert-OH is 20. The summed E-state index contributed by atoms with van der Waals surface area (Å²) >= 11 is 0. The quantitative estimate of drug-likeness (QED) is 0.0806. The summed E-state index contributed by atoms with van der Waals surface area (Å²) < 4.78 is 85.8. The minimum absolute atomic E-state index is 0.365. The first-order valence-corrected chi connectivity index (χ1v) is 27.4. The fourth-order valence-corrected chi connectivity index (χ4v) is 11.3. The number of phenolic OH excluding ortho intramolecular Hbond substituents is 2. The van der Waals surface area contributed by atoms with Gasteiger partial charge in [-0.25, -0.2) is 4.79 Å². The number of phenols is 2. The molecule has 38 nitrogen and oxygen atoms in total. The van der Waals surface area contributed by atoms with Crippen LogP contribution in [0.25, 0.3) is 0 Å². The monoisotopic (exact) mass is 1270 g/mol. The lowest BCUT2D eigenvalue weighted by atomic mass is 9.95. The van der Waals surface area contributed by atoms with Gasteiger partial charge in [0.15, 0.2) is 55.5 Å². The number of ether oxygens (including phenoxy) is 15. The largest absolute Gasteiger partial charge is 0.504 e. The molecular weight excluding hydrogens is 1200 g/mol. The zero-order chi connectivity index (χ0) is 63.2. The number of aliphatic hydroxyl groups is 20.